The van der Waals surface area contributed by atoms with E-state index in [0.717, 1.165) is 4.90 Å². The Morgan fingerprint density at radius 3 is 2.50 bits per heavy atom. The number of urea groups is 1. The summed E-state index contributed by atoms with van der Waals surface area (Å²) in [5.74, 6) is -1.12. The number of nitrogens with zero attached hydrogens (tertiary/aromatic N) is 1. The van der Waals surface area contributed by atoms with Crippen molar-refractivity contribution in [1.29, 1.82) is 0 Å². The lowest BCUT2D eigenvalue weighted by atomic mass is 10.1. The van der Waals surface area contributed by atoms with Gasteiger partial charge in [0.15, 0.2) is 0 Å². The minimum absolute atomic E-state index is 0.113. The number of benzene rings is 1. The normalized spacial score (nSPS) is 17.4. The van der Waals surface area contributed by atoms with Gasteiger partial charge in [-0.2, -0.15) is 23.5 Å². The Kier molecular flexibility index (Phi) is 13.7. The van der Waals surface area contributed by atoms with Gasteiger partial charge in [-0.1, -0.05) is 6.07 Å². The quantitative estimate of drug-likeness (QED) is 0.160. The van der Waals surface area contributed by atoms with Crippen LogP contribution in [-0.2, 0) is 19.2 Å². The van der Waals surface area contributed by atoms with Crippen molar-refractivity contribution in [1.82, 2.24) is 20.9 Å². The summed E-state index contributed by atoms with van der Waals surface area (Å²) in [5, 5.41) is 11.0. The number of hydrogen-bond acceptors (Lipinski definition) is 8. The van der Waals surface area contributed by atoms with Crippen molar-refractivity contribution in [2.24, 2.45) is 5.73 Å². The number of nitrogens with two attached hydrogens (primary N) is 1. The van der Waals surface area contributed by atoms with E-state index in [-0.39, 0.29) is 30.5 Å². The molecular formula is C24H36N6O5S3. The van der Waals surface area contributed by atoms with Crippen molar-refractivity contribution in [2.45, 2.75) is 42.3 Å². The molecule has 0 saturated carbocycles. The number of likely N-dealkylation sites (tertiary alicyclic amines) is 1. The maximum atomic E-state index is 13.4. The summed E-state index contributed by atoms with van der Waals surface area (Å²) in [6.45, 7) is 0.621. The van der Waals surface area contributed by atoms with Crippen LogP contribution in [0.4, 0.5) is 10.5 Å². The van der Waals surface area contributed by atoms with Crippen LogP contribution in [0.2, 0.25) is 0 Å². The second-order valence-electron chi connectivity index (χ2n) is 8.58. The van der Waals surface area contributed by atoms with Crippen LogP contribution in [0.1, 0.15) is 19.3 Å². The Morgan fingerprint density at radius 1 is 1.11 bits per heavy atom. The van der Waals surface area contributed by atoms with Crippen LogP contribution in [-0.4, -0.2) is 96.0 Å². The first kappa shape index (κ1) is 31.6. The molecule has 2 rings (SSSR count). The van der Waals surface area contributed by atoms with E-state index in [2.05, 4.69) is 21.3 Å². The predicted molar refractivity (Wildman–Crippen MR) is 154 cm³/mol. The molecule has 6 N–H and O–H groups in total. The van der Waals surface area contributed by atoms with Crippen molar-refractivity contribution in [3.63, 3.8) is 0 Å². The van der Waals surface area contributed by atoms with E-state index in [0.29, 0.717) is 30.8 Å². The molecule has 1 aliphatic rings. The second kappa shape index (κ2) is 16.4. The van der Waals surface area contributed by atoms with E-state index < -0.39 is 36.0 Å². The smallest absolute Gasteiger partial charge is 0.319 e. The van der Waals surface area contributed by atoms with Crippen molar-refractivity contribution in [3.8, 4) is 0 Å². The molecule has 14 heteroatoms. The summed E-state index contributed by atoms with van der Waals surface area (Å²) in [4.78, 5) is 65.0. The van der Waals surface area contributed by atoms with Gasteiger partial charge in [0.25, 0.3) is 0 Å². The lowest BCUT2D eigenvalue weighted by Gasteiger charge is -2.29. The Morgan fingerprint density at radius 2 is 1.84 bits per heavy atom. The SMILES string of the molecule is CSCC(=O)NCCCC(NC(=O)C1C(NC(=O)Nc2cccc(SC)c2)CCN1C(=O)CSC)C(N)=O. The molecule has 210 valence electrons. The van der Waals surface area contributed by atoms with Gasteiger partial charge < -0.3 is 31.9 Å². The third-order valence-corrected chi connectivity index (χ3v) is 7.64. The number of anilines is 1. The van der Waals surface area contributed by atoms with E-state index in [4.69, 9.17) is 5.73 Å². The van der Waals surface area contributed by atoms with Crippen molar-refractivity contribution in [2.75, 3.05) is 48.7 Å². The van der Waals surface area contributed by atoms with Crippen molar-refractivity contribution >= 4 is 70.6 Å². The van der Waals surface area contributed by atoms with Gasteiger partial charge in [-0.25, -0.2) is 4.79 Å². The van der Waals surface area contributed by atoms with Crippen molar-refractivity contribution in [3.05, 3.63) is 24.3 Å². The maximum absolute atomic E-state index is 13.4. The molecule has 0 radical (unpaired) electrons. The van der Waals surface area contributed by atoms with E-state index in [1.54, 1.807) is 24.1 Å². The fraction of sp³-hybridized carbons (Fsp3) is 0.542. The molecule has 1 saturated heterocycles. The summed E-state index contributed by atoms with van der Waals surface area (Å²) < 4.78 is 0. The third kappa shape index (κ3) is 9.95. The first-order valence-electron chi connectivity index (χ1n) is 12.1. The predicted octanol–water partition coefficient (Wildman–Crippen LogP) is 1.09. The van der Waals surface area contributed by atoms with Crippen LogP contribution in [0.25, 0.3) is 0 Å². The number of amides is 6. The Hall–Kier alpha value is -2.58. The van der Waals surface area contributed by atoms with Gasteiger partial charge in [0, 0.05) is 23.7 Å². The lowest BCUT2D eigenvalue weighted by Crippen LogP contribution is -2.58. The number of rotatable bonds is 14. The van der Waals surface area contributed by atoms with Gasteiger partial charge in [0.2, 0.25) is 23.6 Å². The van der Waals surface area contributed by atoms with Crippen LogP contribution >= 0.6 is 35.3 Å². The van der Waals surface area contributed by atoms with Gasteiger partial charge in [-0.3, -0.25) is 19.2 Å². The summed E-state index contributed by atoms with van der Waals surface area (Å²) in [6, 6.07) is 4.19. The zero-order chi connectivity index (χ0) is 28.1. The van der Waals surface area contributed by atoms with E-state index in [1.807, 2.05) is 30.7 Å². The Bertz CT molecular complexity index is 998. The summed E-state index contributed by atoms with van der Waals surface area (Å²) >= 11 is 4.28. The average Bonchev–Trinajstić information content (AvgIpc) is 3.29. The summed E-state index contributed by atoms with van der Waals surface area (Å²) in [5.41, 5.74) is 6.13. The fourth-order valence-corrected chi connectivity index (χ4v) is 5.29. The topological polar surface area (TPSA) is 163 Å². The van der Waals surface area contributed by atoms with Gasteiger partial charge in [-0.15, -0.1) is 11.8 Å². The van der Waals surface area contributed by atoms with Crippen LogP contribution < -0.4 is 27.0 Å². The minimum Gasteiger partial charge on any atom is -0.368 e. The zero-order valence-electron chi connectivity index (χ0n) is 21.8. The van der Waals surface area contributed by atoms with Crippen LogP contribution in [0.5, 0.6) is 0 Å². The van der Waals surface area contributed by atoms with Crippen LogP contribution in [0, 0.1) is 0 Å². The standard InChI is InChI=1S/C24H36N6O5S3/c1-36-13-19(31)26-10-5-8-18(22(25)33)28-23(34)21-17(9-11-30(21)20(32)14-37-2)29-24(35)27-15-6-4-7-16(12-15)38-3/h4,6-7,12,17-18,21H,5,8-11,13-14H2,1-3H3,(H2,25,33)(H,26,31)(H,28,34)(H2,27,29,35). The molecule has 0 aromatic heterocycles. The molecule has 1 aliphatic heterocycles. The van der Waals surface area contributed by atoms with Crippen LogP contribution in [0.3, 0.4) is 0 Å². The van der Waals surface area contributed by atoms with Crippen molar-refractivity contribution < 1.29 is 24.0 Å². The van der Waals surface area contributed by atoms with E-state index in [9.17, 15) is 24.0 Å². The minimum atomic E-state index is -0.999. The molecule has 3 atom stereocenters. The molecule has 0 aliphatic carbocycles. The van der Waals surface area contributed by atoms with Gasteiger partial charge in [0.1, 0.15) is 12.1 Å². The lowest BCUT2D eigenvalue weighted by molar-refractivity contribution is -0.138. The molecule has 1 aromatic carbocycles. The summed E-state index contributed by atoms with van der Waals surface area (Å²) in [6.07, 6.45) is 6.56. The van der Waals surface area contributed by atoms with E-state index >= 15 is 0 Å². The largest absolute Gasteiger partial charge is 0.368 e. The summed E-state index contributed by atoms with van der Waals surface area (Å²) in [7, 11) is 0. The first-order valence-corrected chi connectivity index (χ1v) is 16.1. The molecule has 1 fully saturated rings. The van der Waals surface area contributed by atoms with E-state index in [1.165, 1.54) is 28.4 Å². The highest BCUT2D eigenvalue weighted by Gasteiger charge is 2.43. The van der Waals surface area contributed by atoms with Gasteiger partial charge >= 0.3 is 6.03 Å². The molecule has 1 heterocycles. The zero-order valence-corrected chi connectivity index (χ0v) is 24.2. The molecule has 1 aromatic rings. The van der Waals surface area contributed by atoms with Gasteiger partial charge in [-0.05, 0) is 56.2 Å². The first-order chi connectivity index (χ1) is 18.2. The Balaban J connectivity index is 2.08. The Labute approximate surface area is 235 Å². The number of carbonyl (C=O) groups excluding carboxylic acids is 5. The van der Waals surface area contributed by atoms with Crippen LogP contribution in [0.15, 0.2) is 29.2 Å². The number of carbonyl (C=O) groups is 5. The maximum Gasteiger partial charge on any atom is 0.319 e. The molecule has 0 spiro atoms. The number of nitrogens with one attached hydrogen (secondary N) is 4. The highest BCUT2D eigenvalue weighted by Crippen LogP contribution is 2.22. The molecule has 3 unspecified atom stereocenters. The monoisotopic (exact) mass is 584 g/mol. The van der Waals surface area contributed by atoms with Gasteiger partial charge in [0.05, 0.1) is 17.5 Å². The number of primary amides is 1. The molecule has 0 bridgehead atoms. The molecular weight excluding hydrogens is 549 g/mol. The molecule has 11 nitrogen and oxygen atoms in total. The second-order valence-corrected chi connectivity index (χ2v) is 11.2. The highest BCUT2D eigenvalue weighted by atomic mass is 32.2. The third-order valence-electron chi connectivity index (χ3n) is 5.83. The average molecular weight is 585 g/mol. The fourth-order valence-electron chi connectivity index (χ4n) is 4.05. The molecule has 6 amide bonds. The number of thioether (sulfide) groups is 3. The highest BCUT2D eigenvalue weighted by molar-refractivity contribution is 7.99. The molecule has 38 heavy (non-hydrogen) atoms. The number of hydrogen-bond donors (Lipinski definition) is 5.